The van der Waals surface area contributed by atoms with E-state index in [0.29, 0.717) is 24.0 Å². The minimum Gasteiger partial charge on any atom is -0.370 e. The van der Waals surface area contributed by atoms with Crippen molar-refractivity contribution in [2.75, 3.05) is 20.1 Å². The van der Waals surface area contributed by atoms with Crippen LogP contribution in [-0.2, 0) is 0 Å². The summed E-state index contributed by atoms with van der Waals surface area (Å²) >= 11 is 6.22. The van der Waals surface area contributed by atoms with E-state index in [1.54, 1.807) is 0 Å². The van der Waals surface area contributed by atoms with E-state index in [4.69, 9.17) is 22.3 Å². The van der Waals surface area contributed by atoms with Crippen LogP contribution in [-0.4, -0.2) is 37.0 Å². The Bertz CT molecular complexity index is 583. The minimum absolute atomic E-state index is 0.360. The van der Waals surface area contributed by atoms with E-state index in [9.17, 15) is 0 Å². The van der Waals surface area contributed by atoms with Crippen molar-refractivity contribution in [3.63, 3.8) is 0 Å². The molecule has 1 saturated carbocycles. The molecule has 5 heteroatoms. The van der Waals surface area contributed by atoms with Crippen molar-refractivity contribution in [3.8, 4) is 0 Å². The van der Waals surface area contributed by atoms with Crippen molar-refractivity contribution in [2.24, 2.45) is 16.6 Å². The summed E-state index contributed by atoms with van der Waals surface area (Å²) in [5.41, 5.74) is 7.45. The van der Waals surface area contributed by atoms with Gasteiger partial charge in [0.15, 0.2) is 5.96 Å². The van der Waals surface area contributed by atoms with Gasteiger partial charge in [0, 0.05) is 23.7 Å². The fraction of sp³-hybridized carbons (Fsp3) is 0.650. The molecule has 1 aromatic rings. The molecule has 4 nitrogen and oxygen atoms in total. The number of nitrogens with two attached hydrogens (primary N) is 1. The van der Waals surface area contributed by atoms with E-state index in [2.05, 4.69) is 29.4 Å². The zero-order valence-corrected chi connectivity index (χ0v) is 16.0. The molecule has 1 heterocycles. The van der Waals surface area contributed by atoms with Gasteiger partial charge in [-0.3, -0.25) is 9.89 Å². The predicted molar refractivity (Wildman–Crippen MR) is 106 cm³/mol. The lowest BCUT2D eigenvalue weighted by Gasteiger charge is -2.39. The Morgan fingerprint density at radius 2 is 2.04 bits per heavy atom. The Morgan fingerprint density at radius 1 is 1.24 bits per heavy atom. The maximum absolute atomic E-state index is 6.22. The summed E-state index contributed by atoms with van der Waals surface area (Å²) in [4.78, 5) is 7.13. The van der Waals surface area contributed by atoms with Gasteiger partial charge < -0.3 is 11.1 Å². The Kier molecular flexibility index (Phi) is 6.60. The van der Waals surface area contributed by atoms with Crippen LogP contribution >= 0.6 is 11.6 Å². The smallest absolute Gasteiger partial charge is 0.188 e. The summed E-state index contributed by atoms with van der Waals surface area (Å²) in [6, 6.07) is 9.12. The number of nitrogens with zero attached hydrogens (tertiary/aromatic N) is 2. The van der Waals surface area contributed by atoms with Gasteiger partial charge in [-0.05, 0) is 62.9 Å². The van der Waals surface area contributed by atoms with Crippen molar-refractivity contribution in [2.45, 2.75) is 57.0 Å². The molecule has 0 aromatic heterocycles. The van der Waals surface area contributed by atoms with Crippen LogP contribution < -0.4 is 11.1 Å². The summed E-state index contributed by atoms with van der Waals surface area (Å²) in [5.74, 6) is 1.09. The summed E-state index contributed by atoms with van der Waals surface area (Å²) in [6.07, 6.45) is 8.78. The van der Waals surface area contributed by atoms with E-state index >= 15 is 0 Å². The van der Waals surface area contributed by atoms with Crippen molar-refractivity contribution in [3.05, 3.63) is 34.9 Å². The van der Waals surface area contributed by atoms with Gasteiger partial charge in [-0.1, -0.05) is 43.0 Å². The van der Waals surface area contributed by atoms with Crippen LogP contribution in [0.3, 0.4) is 0 Å². The highest BCUT2D eigenvalue weighted by Gasteiger charge is 2.30. The lowest BCUT2D eigenvalue weighted by atomic mass is 9.85. The fourth-order valence-corrected chi connectivity index (χ4v) is 4.58. The van der Waals surface area contributed by atoms with Gasteiger partial charge in [0.1, 0.15) is 0 Å². The summed E-state index contributed by atoms with van der Waals surface area (Å²) < 4.78 is 0. The van der Waals surface area contributed by atoms with E-state index < -0.39 is 0 Å². The zero-order valence-electron chi connectivity index (χ0n) is 15.3. The molecule has 1 aromatic carbocycles. The lowest BCUT2D eigenvalue weighted by Crippen LogP contribution is -2.42. The van der Waals surface area contributed by atoms with Crippen molar-refractivity contribution in [1.29, 1.82) is 0 Å². The van der Waals surface area contributed by atoms with Gasteiger partial charge >= 0.3 is 0 Å². The molecule has 0 amide bonds. The summed E-state index contributed by atoms with van der Waals surface area (Å²) in [5, 5.41) is 4.23. The maximum atomic E-state index is 6.22. The number of hydrogen-bond acceptors (Lipinski definition) is 2. The average molecular weight is 363 g/mol. The van der Waals surface area contributed by atoms with Gasteiger partial charge in [-0.25, -0.2) is 0 Å². The molecule has 1 saturated heterocycles. The Morgan fingerprint density at radius 3 is 2.80 bits per heavy atom. The number of benzene rings is 1. The van der Waals surface area contributed by atoms with E-state index in [1.165, 1.54) is 50.5 Å². The second kappa shape index (κ2) is 8.91. The van der Waals surface area contributed by atoms with Gasteiger partial charge in [0.05, 0.1) is 0 Å². The third-order valence-electron chi connectivity index (χ3n) is 5.65. The van der Waals surface area contributed by atoms with Crippen LogP contribution in [0.15, 0.2) is 29.3 Å². The third kappa shape index (κ3) is 5.11. The minimum atomic E-state index is 0.360. The molecule has 0 spiro atoms. The molecule has 3 rings (SSSR count). The molecule has 0 bridgehead atoms. The molecule has 2 fully saturated rings. The number of rotatable bonds is 4. The molecule has 2 unspecified atom stereocenters. The number of aliphatic imine (C=N–C) groups is 1. The molecule has 1 aliphatic heterocycles. The normalized spacial score (nSPS) is 26.6. The van der Waals surface area contributed by atoms with Gasteiger partial charge in [0.2, 0.25) is 0 Å². The first-order valence-corrected chi connectivity index (χ1v) is 10.0. The van der Waals surface area contributed by atoms with Gasteiger partial charge in [0.25, 0.3) is 0 Å². The second-order valence-corrected chi connectivity index (χ2v) is 8.02. The lowest BCUT2D eigenvalue weighted by molar-refractivity contribution is 0.125. The highest BCUT2D eigenvalue weighted by molar-refractivity contribution is 6.30. The Balaban J connectivity index is 1.65. The Labute approximate surface area is 156 Å². The number of piperidine rings is 1. The second-order valence-electron chi connectivity index (χ2n) is 7.59. The molecule has 2 atom stereocenters. The molecule has 2 aliphatic rings. The molecular weight excluding hydrogens is 332 g/mol. The molecular formula is C20H31ClN4. The first-order valence-electron chi connectivity index (χ1n) is 9.65. The van der Waals surface area contributed by atoms with Crippen molar-refractivity contribution >= 4 is 17.6 Å². The zero-order chi connectivity index (χ0) is 17.6. The van der Waals surface area contributed by atoms with Crippen molar-refractivity contribution < 1.29 is 0 Å². The van der Waals surface area contributed by atoms with Gasteiger partial charge in [-0.15, -0.1) is 0 Å². The van der Waals surface area contributed by atoms with Crippen LogP contribution in [0.2, 0.25) is 5.02 Å². The quantitative estimate of drug-likeness (QED) is 0.629. The first-order chi connectivity index (χ1) is 12.1. The summed E-state index contributed by atoms with van der Waals surface area (Å²) in [6.45, 7) is 1.89. The number of halogens is 1. The highest BCUT2D eigenvalue weighted by Crippen LogP contribution is 2.36. The topological polar surface area (TPSA) is 53.6 Å². The van der Waals surface area contributed by atoms with Crippen molar-refractivity contribution in [1.82, 2.24) is 10.2 Å². The monoisotopic (exact) mass is 362 g/mol. The van der Waals surface area contributed by atoms with Crippen LogP contribution in [0.4, 0.5) is 0 Å². The molecule has 138 valence electrons. The molecule has 1 aliphatic carbocycles. The third-order valence-corrected chi connectivity index (χ3v) is 5.89. The predicted octanol–water partition coefficient (Wildman–Crippen LogP) is 3.96. The Hall–Kier alpha value is -1.26. The maximum Gasteiger partial charge on any atom is 0.188 e. The van der Waals surface area contributed by atoms with E-state index in [-0.39, 0.29) is 0 Å². The number of hydrogen-bond donors (Lipinski definition) is 2. The van der Waals surface area contributed by atoms with E-state index in [0.717, 1.165) is 18.1 Å². The van der Waals surface area contributed by atoms with Crippen LogP contribution in [0.5, 0.6) is 0 Å². The molecule has 0 radical (unpaired) electrons. The summed E-state index contributed by atoms with van der Waals surface area (Å²) in [7, 11) is 2.20. The number of nitrogens with one attached hydrogen (secondary N) is 1. The largest absolute Gasteiger partial charge is 0.370 e. The first kappa shape index (κ1) is 18.5. The SMILES string of the molecule is CN1CCCC(CN=C(N)NC2CCCCC2)C1c1cccc(Cl)c1. The average Bonchev–Trinajstić information content (AvgIpc) is 2.61. The molecule has 3 N–H and O–H groups in total. The number of guanidine groups is 1. The standard InChI is InChI=1S/C20H31ClN4/c1-25-12-6-8-16(19(25)15-7-5-9-17(21)13-15)14-23-20(22)24-18-10-3-2-4-11-18/h5,7,9,13,16,18-19H,2-4,6,8,10-12,14H2,1H3,(H3,22,23,24). The van der Waals surface area contributed by atoms with E-state index in [1.807, 2.05) is 12.1 Å². The van der Waals surface area contributed by atoms with Crippen LogP contribution in [0, 0.1) is 5.92 Å². The van der Waals surface area contributed by atoms with Gasteiger partial charge in [-0.2, -0.15) is 0 Å². The van der Waals surface area contributed by atoms with Crippen LogP contribution in [0.25, 0.3) is 0 Å². The fourth-order valence-electron chi connectivity index (χ4n) is 4.39. The van der Waals surface area contributed by atoms with Crippen LogP contribution in [0.1, 0.15) is 56.6 Å². The highest BCUT2D eigenvalue weighted by atomic mass is 35.5. The number of likely N-dealkylation sites (tertiary alicyclic amines) is 1. The molecule has 25 heavy (non-hydrogen) atoms.